The maximum Gasteiger partial charge on any atom is 0.291 e. The summed E-state index contributed by atoms with van der Waals surface area (Å²) in [4.78, 5) is 18.0. The predicted octanol–water partition coefficient (Wildman–Crippen LogP) is 1.06. The molecule has 1 aromatic heterocycles. The summed E-state index contributed by atoms with van der Waals surface area (Å²) in [6.07, 6.45) is 5.65. The molecule has 94 valence electrons. The molecule has 0 spiro atoms. The average Bonchev–Trinajstić information content (AvgIpc) is 2.85. The summed E-state index contributed by atoms with van der Waals surface area (Å²) in [5.41, 5.74) is 0. The van der Waals surface area contributed by atoms with Gasteiger partial charge in [0.05, 0.1) is 6.20 Å². The van der Waals surface area contributed by atoms with E-state index in [0.29, 0.717) is 18.1 Å². The van der Waals surface area contributed by atoms with Crippen LogP contribution in [0.4, 0.5) is 0 Å². The van der Waals surface area contributed by atoms with Crippen LogP contribution in [0, 0.1) is 0 Å². The Labute approximate surface area is 101 Å². The van der Waals surface area contributed by atoms with Gasteiger partial charge in [0.25, 0.3) is 5.91 Å². The second-order valence-electron chi connectivity index (χ2n) is 4.32. The van der Waals surface area contributed by atoms with E-state index < -0.39 is 0 Å². The van der Waals surface area contributed by atoms with Gasteiger partial charge in [0.1, 0.15) is 0 Å². The lowest BCUT2D eigenvalue weighted by molar-refractivity contribution is 0.0690. The largest absolute Gasteiger partial charge is 0.435 e. The third kappa shape index (κ3) is 3.06. The van der Waals surface area contributed by atoms with Crippen LogP contribution in [-0.4, -0.2) is 42.5 Å². The third-order valence-electron chi connectivity index (χ3n) is 3.00. The van der Waals surface area contributed by atoms with Crippen LogP contribution in [0.5, 0.6) is 0 Å². The smallest absolute Gasteiger partial charge is 0.291 e. The van der Waals surface area contributed by atoms with E-state index in [1.165, 1.54) is 6.42 Å². The number of rotatable bonds is 4. The molecule has 1 saturated heterocycles. The topological polar surface area (TPSA) is 58.4 Å². The molecule has 2 rings (SSSR count). The first-order valence-corrected chi connectivity index (χ1v) is 6.20. The van der Waals surface area contributed by atoms with E-state index in [9.17, 15) is 4.79 Å². The molecule has 0 saturated carbocycles. The molecule has 1 aliphatic heterocycles. The van der Waals surface area contributed by atoms with Gasteiger partial charge in [-0.2, -0.15) is 0 Å². The summed E-state index contributed by atoms with van der Waals surface area (Å²) < 4.78 is 5.46. The zero-order valence-corrected chi connectivity index (χ0v) is 10.2. The zero-order valence-electron chi connectivity index (χ0n) is 10.2. The van der Waals surface area contributed by atoms with Gasteiger partial charge < -0.3 is 14.6 Å². The molecule has 0 aromatic carbocycles. The number of hydrogen-bond donors (Lipinski definition) is 1. The molecule has 0 unspecified atom stereocenters. The second kappa shape index (κ2) is 5.82. The summed E-state index contributed by atoms with van der Waals surface area (Å²) in [6.45, 7) is 2.48. The van der Waals surface area contributed by atoms with E-state index in [0.717, 1.165) is 32.5 Å². The summed E-state index contributed by atoms with van der Waals surface area (Å²) in [5.74, 6) is 0.977. The zero-order chi connectivity index (χ0) is 12.1. The number of amides is 1. The van der Waals surface area contributed by atoms with Gasteiger partial charge in [-0.25, -0.2) is 4.98 Å². The monoisotopic (exact) mass is 237 g/mol. The quantitative estimate of drug-likeness (QED) is 0.850. The fraction of sp³-hybridized carbons (Fsp3) is 0.667. The van der Waals surface area contributed by atoms with Crippen LogP contribution in [0.1, 0.15) is 35.7 Å². The minimum atomic E-state index is -0.0205. The van der Waals surface area contributed by atoms with E-state index in [2.05, 4.69) is 10.3 Å². The van der Waals surface area contributed by atoms with Crippen LogP contribution < -0.4 is 5.32 Å². The van der Waals surface area contributed by atoms with Gasteiger partial charge >= 0.3 is 0 Å². The molecule has 5 nitrogen and oxygen atoms in total. The highest BCUT2D eigenvalue weighted by atomic mass is 16.4. The van der Waals surface area contributed by atoms with Crippen molar-refractivity contribution in [2.75, 3.05) is 26.7 Å². The Morgan fingerprint density at radius 2 is 2.24 bits per heavy atom. The molecule has 5 heteroatoms. The van der Waals surface area contributed by atoms with E-state index in [1.54, 1.807) is 6.20 Å². The SMILES string of the molecule is CNCCc1ncc(C(=O)N2CCCCC2)o1. The number of aromatic nitrogens is 1. The summed E-state index contributed by atoms with van der Waals surface area (Å²) in [6, 6.07) is 0. The predicted molar refractivity (Wildman–Crippen MR) is 63.9 cm³/mol. The lowest BCUT2D eigenvalue weighted by Crippen LogP contribution is -2.35. The van der Waals surface area contributed by atoms with Gasteiger partial charge in [0, 0.05) is 26.1 Å². The van der Waals surface area contributed by atoms with Crippen molar-refractivity contribution in [3.05, 3.63) is 17.8 Å². The molecular formula is C12H19N3O2. The Kier molecular flexibility index (Phi) is 4.14. The molecule has 0 atom stereocenters. The number of nitrogens with zero attached hydrogens (tertiary/aromatic N) is 2. The first-order valence-electron chi connectivity index (χ1n) is 6.20. The third-order valence-corrected chi connectivity index (χ3v) is 3.00. The van der Waals surface area contributed by atoms with E-state index >= 15 is 0 Å². The number of carbonyl (C=O) groups is 1. The summed E-state index contributed by atoms with van der Waals surface area (Å²) in [5, 5.41) is 3.02. The highest BCUT2D eigenvalue weighted by Crippen LogP contribution is 2.14. The van der Waals surface area contributed by atoms with Crippen molar-refractivity contribution >= 4 is 5.91 Å². The number of likely N-dealkylation sites (tertiary alicyclic amines) is 1. The minimum Gasteiger partial charge on any atom is -0.435 e. The maximum absolute atomic E-state index is 12.1. The molecule has 17 heavy (non-hydrogen) atoms. The number of carbonyl (C=O) groups excluding carboxylic acids is 1. The Morgan fingerprint density at radius 3 is 2.94 bits per heavy atom. The molecule has 1 amide bonds. The van der Waals surface area contributed by atoms with Crippen molar-refractivity contribution in [2.45, 2.75) is 25.7 Å². The molecular weight excluding hydrogens is 218 g/mol. The Morgan fingerprint density at radius 1 is 1.47 bits per heavy atom. The number of likely N-dealkylation sites (N-methyl/N-ethyl adjacent to an activating group) is 1. The van der Waals surface area contributed by atoms with Crippen molar-refractivity contribution in [3.8, 4) is 0 Å². The minimum absolute atomic E-state index is 0.0205. The molecule has 2 heterocycles. The van der Waals surface area contributed by atoms with Gasteiger partial charge in [-0.3, -0.25) is 4.79 Å². The second-order valence-corrected chi connectivity index (χ2v) is 4.32. The van der Waals surface area contributed by atoms with Crippen LogP contribution in [0.25, 0.3) is 0 Å². The Hall–Kier alpha value is -1.36. The van der Waals surface area contributed by atoms with E-state index in [4.69, 9.17) is 4.42 Å². The number of oxazole rings is 1. The molecule has 1 aromatic rings. The van der Waals surface area contributed by atoms with E-state index in [-0.39, 0.29) is 5.91 Å². The lowest BCUT2D eigenvalue weighted by atomic mass is 10.1. The fourth-order valence-electron chi connectivity index (χ4n) is 2.01. The van der Waals surface area contributed by atoms with Gasteiger partial charge in [-0.15, -0.1) is 0 Å². The van der Waals surface area contributed by atoms with Crippen LogP contribution in [0.3, 0.4) is 0 Å². The van der Waals surface area contributed by atoms with Crippen molar-refractivity contribution in [3.63, 3.8) is 0 Å². The normalized spacial score (nSPS) is 16.2. The molecule has 0 aliphatic carbocycles. The molecule has 0 radical (unpaired) electrons. The van der Waals surface area contributed by atoms with Crippen molar-refractivity contribution in [1.82, 2.24) is 15.2 Å². The molecule has 1 N–H and O–H groups in total. The number of nitrogens with one attached hydrogen (secondary N) is 1. The van der Waals surface area contributed by atoms with Crippen LogP contribution in [-0.2, 0) is 6.42 Å². The molecule has 1 fully saturated rings. The van der Waals surface area contributed by atoms with Crippen LogP contribution in [0.2, 0.25) is 0 Å². The van der Waals surface area contributed by atoms with Crippen molar-refractivity contribution in [1.29, 1.82) is 0 Å². The first kappa shape index (κ1) is 12.1. The first-order chi connectivity index (χ1) is 8.31. The highest BCUT2D eigenvalue weighted by molar-refractivity contribution is 5.91. The molecule has 1 aliphatic rings. The number of hydrogen-bond acceptors (Lipinski definition) is 4. The van der Waals surface area contributed by atoms with Crippen LogP contribution >= 0.6 is 0 Å². The summed E-state index contributed by atoms with van der Waals surface area (Å²) in [7, 11) is 1.88. The lowest BCUT2D eigenvalue weighted by Gasteiger charge is -2.25. The van der Waals surface area contributed by atoms with Crippen molar-refractivity contribution < 1.29 is 9.21 Å². The standard InChI is InChI=1S/C12H19N3O2/c1-13-6-5-11-14-9-10(17-11)12(16)15-7-3-2-4-8-15/h9,13H,2-8H2,1H3. The highest BCUT2D eigenvalue weighted by Gasteiger charge is 2.21. The molecule has 0 bridgehead atoms. The van der Waals surface area contributed by atoms with Gasteiger partial charge in [0.2, 0.25) is 5.76 Å². The van der Waals surface area contributed by atoms with Gasteiger partial charge in [-0.05, 0) is 26.3 Å². The van der Waals surface area contributed by atoms with Crippen molar-refractivity contribution in [2.24, 2.45) is 0 Å². The number of piperidine rings is 1. The van der Waals surface area contributed by atoms with Crippen LogP contribution in [0.15, 0.2) is 10.6 Å². The Bertz CT molecular complexity index is 370. The van der Waals surface area contributed by atoms with Gasteiger partial charge in [0.15, 0.2) is 5.89 Å². The maximum atomic E-state index is 12.1. The fourth-order valence-corrected chi connectivity index (χ4v) is 2.01. The summed E-state index contributed by atoms with van der Waals surface area (Å²) >= 11 is 0. The van der Waals surface area contributed by atoms with Gasteiger partial charge in [-0.1, -0.05) is 0 Å². The average molecular weight is 237 g/mol. The Balaban J connectivity index is 1.96. The van der Waals surface area contributed by atoms with E-state index in [1.807, 2.05) is 11.9 Å².